The normalized spacial score (nSPS) is 13.3. The molecule has 2 heterocycles. The van der Waals surface area contributed by atoms with Gasteiger partial charge in [0.1, 0.15) is 0 Å². The first-order valence-electron chi connectivity index (χ1n) is 9.98. The van der Waals surface area contributed by atoms with E-state index in [4.69, 9.17) is 11.6 Å². The Bertz CT molecular complexity index is 1030. The zero-order valence-electron chi connectivity index (χ0n) is 16.8. The Labute approximate surface area is 176 Å². The third-order valence-corrected chi connectivity index (χ3v) is 5.66. The molecule has 2 aromatic carbocycles. The number of benzene rings is 2. The highest BCUT2D eigenvalue weighted by molar-refractivity contribution is 6.30. The standard InChI is InChI=1S/C23H25ClN4O/c1-16-23(17(2)28(26-16)20-8-4-3-5-9-20)25-22(29)12-14-27-13-6-7-18-15-19(24)10-11-21(18)27/h3-5,8-11,15H,6-7,12-14H2,1-2H3,(H,25,29). The molecule has 0 fully saturated rings. The molecule has 5 nitrogen and oxygen atoms in total. The van der Waals surface area contributed by atoms with E-state index >= 15 is 0 Å². The van der Waals surface area contributed by atoms with E-state index in [1.807, 2.05) is 61.0 Å². The van der Waals surface area contributed by atoms with Gasteiger partial charge in [0, 0.05) is 30.2 Å². The molecule has 150 valence electrons. The number of nitrogens with one attached hydrogen (secondary N) is 1. The van der Waals surface area contributed by atoms with Gasteiger partial charge in [-0.05, 0) is 62.6 Å². The van der Waals surface area contributed by atoms with Gasteiger partial charge in [-0.25, -0.2) is 4.68 Å². The smallest absolute Gasteiger partial charge is 0.226 e. The average Bonchev–Trinajstić information content (AvgIpc) is 3.01. The topological polar surface area (TPSA) is 50.2 Å². The zero-order valence-corrected chi connectivity index (χ0v) is 17.5. The summed E-state index contributed by atoms with van der Waals surface area (Å²) in [6.45, 7) is 5.55. The summed E-state index contributed by atoms with van der Waals surface area (Å²) < 4.78 is 1.87. The number of rotatable bonds is 5. The molecule has 0 radical (unpaired) electrons. The number of carbonyl (C=O) groups excluding carboxylic acids is 1. The van der Waals surface area contributed by atoms with Crippen LogP contribution in [0.3, 0.4) is 0 Å². The predicted molar refractivity (Wildman–Crippen MR) is 118 cm³/mol. The highest BCUT2D eigenvalue weighted by Gasteiger charge is 2.19. The van der Waals surface area contributed by atoms with Crippen LogP contribution >= 0.6 is 11.6 Å². The minimum absolute atomic E-state index is 0.00454. The second kappa shape index (κ2) is 8.29. The lowest BCUT2D eigenvalue weighted by atomic mass is 10.0. The quantitative estimate of drug-likeness (QED) is 0.651. The number of hydrogen-bond acceptors (Lipinski definition) is 3. The van der Waals surface area contributed by atoms with Crippen molar-refractivity contribution in [3.63, 3.8) is 0 Å². The van der Waals surface area contributed by atoms with Crippen LogP contribution in [0.15, 0.2) is 48.5 Å². The molecule has 6 heteroatoms. The first-order chi connectivity index (χ1) is 14.0. The molecule has 29 heavy (non-hydrogen) atoms. The SMILES string of the molecule is Cc1nn(-c2ccccc2)c(C)c1NC(=O)CCN1CCCc2cc(Cl)ccc21. The number of amides is 1. The van der Waals surface area contributed by atoms with Gasteiger partial charge < -0.3 is 10.2 Å². The Morgan fingerprint density at radius 3 is 2.76 bits per heavy atom. The molecule has 1 aliphatic heterocycles. The van der Waals surface area contributed by atoms with E-state index in [1.54, 1.807) is 0 Å². The average molecular weight is 409 g/mol. The molecule has 4 rings (SSSR count). The molecule has 1 N–H and O–H groups in total. The summed E-state index contributed by atoms with van der Waals surface area (Å²) in [4.78, 5) is 15.0. The van der Waals surface area contributed by atoms with Crippen LogP contribution in [0.1, 0.15) is 29.8 Å². The van der Waals surface area contributed by atoms with Gasteiger partial charge in [0.15, 0.2) is 0 Å². The lowest BCUT2D eigenvalue weighted by Gasteiger charge is -2.31. The third kappa shape index (κ3) is 4.15. The molecule has 1 amide bonds. The summed E-state index contributed by atoms with van der Waals surface area (Å²) >= 11 is 6.13. The summed E-state index contributed by atoms with van der Waals surface area (Å²) in [6, 6.07) is 16.0. The molecule has 1 aromatic heterocycles. The second-order valence-corrected chi connectivity index (χ2v) is 7.89. The van der Waals surface area contributed by atoms with E-state index < -0.39 is 0 Å². The first kappa shape index (κ1) is 19.5. The Balaban J connectivity index is 1.43. The van der Waals surface area contributed by atoms with Crippen molar-refractivity contribution < 1.29 is 4.79 Å². The van der Waals surface area contributed by atoms with E-state index in [-0.39, 0.29) is 5.91 Å². The van der Waals surface area contributed by atoms with E-state index in [0.29, 0.717) is 13.0 Å². The maximum absolute atomic E-state index is 12.7. The van der Waals surface area contributed by atoms with Gasteiger partial charge in [-0.15, -0.1) is 0 Å². The first-order valence-corrected chi connectivity index (χ1v) is 10.4. The molecule has 1 aliphatic rings. The van der Waals surface area contributed by atoms with Gasteiger partial charge in [0.05, 0.1) is 22.8 Å². The highest BCUT2D eigenvalue weighted by Crippen LogP contribution is 2.30. The lowest BCUT2D eigenvalue weighted by molar-refractivity contribution is -0.116. The third-order valence-electron chi connectivity index (χ3n) is 5.42. The zero-order chi connectivity index (χ0) is 20.4. The van der Waals surface area contributed by atoms with Crippen molar-refractivity contribution in [3.8, 4) is 5.69 Å². The van der Waals surface area contributed by atoms with Crippen LogP contribution in [0.4, 0.5) is 11.4 Å². The summed E-state index contributed by atoms with van der Waals surface area (Å²) in [5.74, 6) is 0.00454. The summed E-state index contributed by atoms with van der Waals surface area (Å²) in [6.07, 6.45) is 2.55. The van der Waals surface area contributed by atoms with E-state index in [2.05, 4.69) is 21.4 Å². The molecule has 0 saturated heterocycles. The Kier molecular flexibility index (Phi) is 5.58. The minimum Gasteiger partial charge on any atom is -0.371 e. The van der Waals surface area contributed by atoms with Gasteiger partial charge in [0.2, 0.25) is 5.91 Å². The maximum Gasteiger partial charge on any atom is 0.226 e. The molecule has 0 bridgehead atoms. The van der Waals surface area contributed by atoms with Gasteiger partial charge >= 0.3 is 0 Å². The largest absolute Gasteiger partial charge is 0.371 e. The van der Waals surface area contributed by atoms with E-state index in [1.165, 1.54) is 11.3 Å². The van der Waals surface area contributed by atoms with Crippen molar-refractivity contribution in [2.75, 3.05) is 23.3 Å². The fourth-order valence-corrected chi connectivity index (χ4v) is 4.15. The van der Waals surface area contributed by atoms with Gasteiger partial charge in [-0.2, -0.15) is 5.10 Å². The van der Waals surface area contributed by atoms with Crippen molar-refractivity contribution in [1.29, 1.82) is 0 Å². The molecule has 0 saturated carbocycles. The highest BCUT2D eigenvalue weighted by atomic mass is 35.5. The van der Waals surface area contributed by atoms with Crippen LogP contribution in [0.2, 0.25) is 5.02 Å². The summed E-state index contributed by atoms with van der Waals surface area (Å²) in [5.41, 5.74) is 5.98. The number of anilines is 2. The predicted octanol–water partition coefficient (Wildman–Crippen LogP) is 4.92. The Morgan fingerprint density at radius 2 is 1.97 bits per heavy atom. The van der Waals surface area contributed by atoms with Crippen LogP contribution < -0.4 is 10.2 Å². The van der Waals surface area contributed by atoms with Gasteiger partial charge in [-0.3, -0.25) is 4.79 Å². The van der Waals surface area contributed by atoms with Crippen molar-refractivity contribution >= 4 is 28.9 Å². The molecular formula is C23H25ClN4O. The fraction of sp³-hybridized carbons (Fsp3) is 0.304. The van der Waals surface area contributed by atoms with Crippen molar-refractivity contribution in [2.24, 2.45) is 0 Å². The Morgan fingerprint density at radius 1 is 1.17 bits per heavy atom. The number of aromatic nitrogens is 2. The van der Waals surface area contributed by atoms with E-state index in [9.17, 15) is 4.79 Å². The maximum atomic E-state index is 12.7. The molecule has 3 aromatic rings. The summed E-state index contributed by atoms with van der Waals surface area (Å²) in [5, 5.41) is 8.44. The molecule has 0 unspecified atom stereocenters. The number of fused-ring (bicyclic) bond motifs is 1. The number of nitrogens with zero attached hydrogens (tertiary/aromatic N) is 3. The molecule has 0 atom stereocenters. The number of hydrogen-bond donors (Lipinski definition) is 1. The second-order valence-electron chi connectivity index (χ2n) is 7.45. The number of halogens is 1. The summed E-state index contributed by atoms with van der Waals surface area (Å²) in [7, 11) is 0. The number of carbonyl (C=O) groups is 1. The van der Waals surface area contributed by atoms with E-state index in [0.717, 1.165) is 47.2 Å². The van der Waals surface area contributed by atoms with Crippen LogP contribution in [-0.4, -0.2) is 28.8 Å². The molecule has 0 spiro atoms. The lowest BCUT2D eigenvalue weighted by Crippen LogP contribution is -2.32. The van der Waals surface area contributed by atoms with Crippen molar-refractivity contribution in [2.45, 2.75) is 33.1 Å². The van der Waals surface area contributed by atoms with Crippen LogP contribution in [-0.2, 0) is 11.2 Å². The molecular weight excluding hydrogens is 384 g/mol. The van der Waals surface area contributed by atoms with Crippen LogP contribution in [0.5, 0.6) is 0 Å². The number of para-hydroxylation sites is 1. The van der Waals surface area contributed by atoms with Crippen LogP contribution in [0.25, 0.3) is 5.69 Å². The minimum atomic E-state index is 0.00454. The van der Waals surface area contributed by atoms with Crippen molar-refractivity contribution in [3.05, 3.63) is 70.5 Å². The van der Waals surface area contributed by atoms with Crippen LogP contribution in [0, 0.1) is 13.8 Å². The monoisotopic (exact) mass is 408 g/mol. The fourth-order valence-electron chi connectivity index (χ4n) is 3.96. The van der Waals surface area contributed by atoms with Crippen molar-refractivity contribution in [1.82, 2.24) is 9.78 Å². The van der Waals surface area contributed by atoms with Gasteiger partial charge in [0.25, 0.3) is 0 Å². The molecule has 0 aliphatic carbocycles. The number of aryl methyl sites for hydroxylation is 2. The van der Waals surface area contributed by atoms with Gasteiger partial charge in [-0.1, -0.05) is 29.8 Å². The Hall–Kier alpha value is -2.79.